The van der Waals surface area contributed by atoms with Crippen molar-refractivity contribution < 1.29 is 24.2 Å². The van der Waals surface area contributed by atoms with E-state index < -0.39 is 6.10 Å². The second-order valence-electron chi connectivity index (χ2n) is 22.9. The molecule has 0 amide bonds. The number of ether oxygens (including phenoxy) is 2. The molecule has 0 aliphatic heterocycles. The molecule has 78 heavy (non-hydrogen) atoms. The normalized spacial score (nSPS) is 12.7. The van der Waals surface area contributed by atoms with Crippen molar-refractivity contribution in [2.45, 2.75) is 354 Å². The molecule has 0 aromatic rings. The lowest BCUT2D eigenvalue weighted by molar-refractivity contribution is -0.161. The molecule has 1 N–H and O–H groups in total. The fourth-order valence-electron chi connectivity index (χ4n) is 10.1. The predicted octanol–water partition coefficient (Wildman–Crippen LogP) is 23.7. The molecule has 1 atom stereocenters. The maximum atomic E-state index is 12.4. The number of allylic oxidation sites excluding steroid dienone is 14. The lowest BCUT2D eigenvalue weighted by Crippen LogP contribution is -2.28. The first-order valence-corrected chi connectivity index (χ1v) is 34.1. The Morgan fingerprint density at radius 3 is 0.833 bits per heavy atom. The number of carbonyl (C=O) groups is 2. The lowest BCUT2D eigenvalue weighted by Gasteiger charge is -2.15. The van der Waals surface area contributed by atoms with Crippen molar-refractivity contribution >= 4 is 11.9 Å². The van der Waals surface area contributed by atoms with Crippen LogP contribution < -0.4 is 0 Å². The van der Waals surface area contributed by atoms with Crippen molar-refractivity contribution in [1.82, 2.24) is 0 Å². The molecule has 5 nitrogen and oxygen atoms in total. The van der Waals surface area contributed by atoms with Gasteiger partial charge < -0.3 is 14.6 Å². The molecule has 0 aliphatic carbocycles. The van der Waals surface area contributed by atoms with Crippen LogP contribution in [0.2, 0.25) is 0 Å². The molecule has 0 radical (unpaired) electrons. The average Bonchev–Trinajstić information content (AvgIpc) is 3.44. The summed E-state index contributed by atoms with van der Waals surface area (Å²) in [5.74, 6) is -0.572. The molecule has 0 bridgehead atoms. The summed E-state index contributed by atoms with van der Waals surface area (Å²) in [6.45, 7) is 4.07. The minimum absolute atomic E-state index is 0.0622. The minimum Gasteiger partial charge on any atom is -0.462 e. The van der Waals surface area contributed by atoms with E-state index in [1.807, 2.05) is 0 Å². The summed E-state index contributed by atoms with van der Waals surface area (Å²) in [5, 5.41) is 9.70. The maximum Gasteiger partial charge on any atom is 0.306 e. The monoisotopic (exact) mass is 1090 g/mol. The van der Waals surface area contributed by atoms with E-state index in [4.69, 9.17) is 9.47 Å². The van der Waals surface area contributed by atoms with Crippen LogP contribution in [0.4, 0.5) is 0 Å². The van der Waals surface area contributed by atoms with Crippen molar-refractivity contribution in [3.05, 3.63) is 85.1 Å². The number of hydrogen-bond acceptors (Lipinski definition) is 5. The zero-order chi connectivity index (χ0) is 56.2. The van der Waals surface area contributed by atoms with Gasteiger partial charge in [-0.3, -0.25) is 9.59 Å². The van der Waals surface area contributed by atoms with Gasteiger partial charge in [-0.25, -0.2) is 0 Å². The third kappa shape index (κ3) is 65.6. The van der Waals surface area contributed by atoms with Gasteiger partial charge >= 0.3 is 11.9 Å². The van der Waals surface area contributed by atoms with Gasteiger partial charge in [0.25, 0.3) is 0 Å². The predicted molar refractivity (Wildman–Crippen MR) is 343 cm³/mol. The fourth-order valence-corrected chi connectivity index (χ4v) is 10.1. The standard InChI is InChI=1S/C73H130O5/c1-3-5-7-9-11-13-15-17-19-21-23-25-27-29-30-31-32-33-34-35-36-37-38-39-40-41-42-44-46-48-50-52-54-56-58-60-62-64-66-68-73(76)78-71(69-74)70-77-72(75)67-65-63-61-59-57-55-53-51-49-47-45-43-28-26-24-22-20-18-16-14-12-10-8-6-4-2/h5,7,11,13,17,19,23,25,29-30,32-33,35-36,71,74H,3-4,6,8-10,12,14-16,18,20-22,24,26-28,31,34,37-70H2,1-2H3/b7-5-,13-11-,19-17-,25-23-,30-29-,33-32-,36-35-. The molecule has 0 spiro atoms. The molecule has 0 saturated carbocycles. The Morgan fingerprint density at radius 2 is 0.551 bits per heavy atom. The van der Waals surface area contributed by atoms with Crippen LogP contribution in [0.5, 0.6) is 0 Å². The highest BCUT2D eigenvalue weighted by Crippen LogP contribution is 2.18. The van der Waals surface area contributed by atoms with Crippen molar-refractivity contribution in [1.29, 1.82) is 0 Å². The van der Waals surface area contributed by atoms with Crippen molar-refractivity contribution in [2.24, 2.45) is 0 Å². The van der Waals surface area contributed by atoms with E-state index in [-0.39, 0.29) is 25.2 Å². The first-order valence-electron chi connectivity index (χ1n) is 34.1. The maximum absolute atomic E-state index is 12.4. The fraction of sp³-hybridized carbons (Fsp3) is 0.781. The number of unbranched alkanes of at least 4 members (excludes halogenated alkanes) is 41. The first-order chi connectivity index (χ1) is 38.6. The molecule has 0 heterocycles. The van der Waals surface area contributed by atoms with Crippen LogP contribution in [-0.4, -0.2) is 36.4 Å². The summed E-state index contributed by atoms with van der Waals surface area (Å²) < 4.78 is 10.8. The van der Waals surface area contributed by atoms with Gasteiger partial charge in [-0.2, -0.15) is 0 Å². The molecule has 5 heteroatoms. The molecule has 0 aromatic heterocycles. The Kier molecular flexibility index (Phi) is 65.8. The van der Waals surface area contributed by atoms with Crippen molar-refractivity contribution in [3.8, 4) is 0 Å². The second-order valence-corrected chi connectivity index (χ2v) is 22.9. The van der Waals surface area contributed by atoms with Gasteiger partial charge in [0.1, 0.15) is 6.61 Å². The highest BCUT2D eigenvalue weighted by atomic mass is 16.6. The van der Waals surface area contributed by atoms with Crippen LogP contribution in [0, 0.1) is 0 Å². The highest BCUT2D eigenvalue weighted by molar-refractivity contribution is 5.70. The summed E-state index contributed by atoms with van der Waals surface area (Å²) in [6, 6.07) is 0. The molecule has 0 aliphatic rings. The van der Waals surface area contributed by atoms with Crippen LogP contribution in [-0.2, 0) is 19.1 Å². The van der Waals surface area contributed by atoms with Gasteiger partial charge in [-0.1, -0.05) is 349 Å². The van der Waals surface area contributed by atoms with Gasteiger partial charge in [0.15, 0.2) is 6.10 Å². The molecule has 0 rings (SSSR count). The van der Waals surface area contributed by atoms with E-state index in [9.17, 15) is 14.7 Å². The largest absolute Gasteiger partial charge is 0.462 e. The molecule has 1 unspecified atom stereocenters. The van der Waals surface area contributed by atoms with Crippen LogP contribution in [0.25, 0.3) is 0 Å². The van der Waals surface area contributed by atoms with Gasteiger partial charge in [0, 0.05) is 12.8 Å². The number of carbonyl (C=O) groups excluding carboxylic acids is 2. The minimum atomic E-state index is -0.773. The third-order valence-electron chi connectivity index (χ3n) is 15.2. The van der Waals surface area contributed by atoms with Gasteiger partial charge in [0.05, 0.1) is 6.61 Å². The van der Waals surface area contributed by atoms with Crippen LogP contribution in [0.15, 0.2) is 85.1 Å². The number of esters is 2. The molecular formula is C73H130O5. The summed E-state index contributed by atoms with van der Waals surface area (Å²) in [4.78, 5) is 24.6. The van der Waals surface area contributed by atoms with E-state index in [1.165, 1.54) is 238 Å². The van der Waals surface area contributed by atoms with Crippen LogP contribution in [0.1, 0.15) is 348 Å². The Bertz CT molecular complexity index is 1420. The molecule has 0 fully saturated rings. The van der Waals surface area contributed by atoms with E-state index in [0.717, 1.165) is 83.5 Å². The number of aliphatic hydroxyl groups excluding tert-OH is 1. The Balaban J connectivity index is 3.44. The molecule has 0 aromatic carbocycles. The van der Waals surface area contributed by atoms with Gasteiger partial charge in [0.2, 0.25) is 0 Å². The Morgan fingerprint density at radius 1 is 0.308 bits per heavy atom. The second kappa shape index (κ2) is 68.4. The third-order valence-corrected chi connectivity index (χ3v) is 15.2. The lowest BCUT2D eigenvalue weighted by atomic mass is 10.0. The summed E-state index contributed by atoms with van der Waals surface area (Å²) in [7, 11) is 0. The van der Waals surface area contributed by atoms with Gasteiger partial charge in [-0.15, -0.1) is 0 Å². The smallest absolute Gasteiger partial charge is 0.306 e. The number of hydrogen-bond donors (Lipinski definition) is 1. The Labute approximate surface area is 486 Å². The Hall–Kier alpha value is -2.92. The van der Waals surface area contributed by atoms with E-state index in [0.29, 0.717) is 12.8 Å². The molecule has 0 saturated heterocycles. The number of rotatable bonds is 63. The summed E-state index contributed by atoms with van der Waals surface area (Å²) >= 11 is 0. The van der Waals surface area contributed by atoms with E-state index in [2.05, 4.69) is 98.9 Å². The average molecular weight is 1090 g/mol. The summed E-state index contributed by atoms with van der Waals surface area (Å²) in [5.41, 5.74) is 0. The van der Waals surface area contributed by atoms with Crippen LogP contribution in [0.3, 0.4) is 0 Å². The summed E-state index contributed by atoms with van der Waals surface area (Å²) in [6.07, 6.45) is 96.1. The quantitative estimate of drug-likeness (QED) is 0.0373. The first kappa shape index (κ1) is 75.1. The zero-order valence-corrected chi connectivity index (χ0v) is 51.9. The van der Waals surface area contributed by atoms with Crippen LogP contribution >= 0.6 is 0 Å². The van der Waals surface area contributed by atoms with E-state index in [1.54, 1.807) is 0 Å². The van der Waals surface area contributed by atoms with Gasteiger partial charge in [-0.05, 0) is 70.6 Å². The van der Waals surface area contributed by atoms with Crippen molar-refractivity contribution in [3.63, 3.8) is 0 Å². The van der Waals surface area contributed by atoms with Crippen molar-refractivity contribution in [2.75, 3.05) is 13.2 Å². The SMILES string of the molecule is CC/C=C\C/C=C\C/C=C\C/C=C\C/C=C\C/C=C\C/C=C\CCCCCCCCCCCCCCCCCCCC(=O)OC(CO)COC(=O)CCCCCCCCCCCCCCCCCCCCCCCCCCC. The molecular weight excluding hydrogens is 957 g/mol. The zero-order valence-electron chi connectivity index (χ0n) is 51.9. The molecule has 452 valence electrons. The topological polar surface area (TPSA) is 72.8 Å². The number of aliphatic hydroxyl groups is 1. The highest BCUT2D eigenvalue weighted by Gasteiger charge is 2.16. The van der Waals surface area contributed by atoms with E-state index >= 15 is 0 Å².